The summed E-state index contributed by atoms with van der Waals surface area (Å²) in [7, 11) is 0. The van der Waals surface area contributed by atoms with Gasteiger partial charge in [-0.15, -0.1) is 0 Å². The molecule has 168 valence electrons. The number of amides is 1. The molecule has 0 aliphatic carbocycles. The van der Waals surface area contributed by atoms with Gasteiger partial charge in [0.1, 0.15) is 11.4 Å². The molecule has 2 aromatic heterocycles. The molecule has 2 aromatic carbocycles. The normalized spacial score (nSPS) is 12.4. The number of pyridine rings is 1. The summed E-state index contributed by atoms with van der Waals surface area (Å²) >= 11 is 5.95. The van der Waals surface area contributed by atoms with Gasteiger partial charge in [-0.1, -0.05) is 48.0 Å². The third-order valence-electron chi connectivity index (χ3n) is 4.90. The first-order valence-corrected chi connectivity index (χ1v) is 10.3. The molecule has 1 N–H and O–H groups in total. The molecule has 1 amide bonds. The molecule has 1 atom stereocenters. The average Bonchev–Trinajstić information content (AvgIpc) is 3.25. The first kappa shape index (κ1) is 22.5. The number of carbonyl (C=O) groups excluding carboxylic acids is 1. The Bertz CT molecular complexity index is 1260. The van der Waals surface area contributed by atoms with Gasteiger partial charge in [0, 0.05) is 22.3 Å². The Kier molecular flexibility index (Phi) is 6.20. The monoisotopic (exact) mass is 471 g/mol. The largest absolute Gasteiger partial charge is 0.433 e. The second kappa shape index (κ2) is 9.07. The van der Waals surface area contributed by atoms with Crippen molar-refractivity contribution >= 4 is 17.5 Å². The average molecular weight is 472 g/mol. The van der Waals surface area contributed by atoms with Gasteiger partial charge in [0.15, 0.2) is 0 Å². The van der Waals surface area contributed by atoms with Crippen LogP contribution in [-0.2, 0) is 6.18 Å². The van der Waals surface area contributed by atoms with Crippen LogP contribution in [0.1, 0.15) is 34.8 Å². The minimum absolute atomic E-state index is 0.0159. The van der Waals surface area contributed by atoms with Gasteiger partial charge in [-0.05, 0) is 42.8 Å². The third kappa shape index (κ3) is 5.06. The minimum Gasteiger partial charge on any atom is -0.430 e. The van der Waals surface area contributed by atoms with Crippen LogP contribution in [-0.4, -0.2) is 15.9 Å². The first-order chi connectivity index (χ1) is 15.7. The fourth-order valence-corrected chi connectivity index (χ4v) is 3.28. The van der Waals surface area contributed by atoms with Gasteiger partial charge < -0.3 is 9.73 Å². The smallest absolute Gasteiger partial charge is 0.430 e. The van der Waals surface area contributed by atoms with Crippen LogP contribution in [0.5, 0.6) is 0 Å². The van der Waals surface area contributed by atoms with Crippen LogP contribution >= 0.6 is 11.6 Å². The van der Waals surface area contributed by atoms with Crippen LogP contribution in [0.2, 0.25) is 5.02 Å². The number of hydrogen-bond acceptors (Lipinski definition) is 4. The number of alkyl halides is 3. The fraction of sp³-hybridized carbons (Fsp3) is 0.125. The number of halogens is 4. The highest BCUT2D eigenvalue weighted by atomic mass is 35.5. The number of rotatable bonds is 5. The summed E-state index contributed by atoms with van der Waals surface area (Å²) in [5, 5.41) is 3.29. The van der Waals surface area contributed by atoms with Crippen molar-refractivity contribution in [1.29, 1.82) is 0 Å². The maximum absolute atomic E-state index is 13.1. The number of benzene rings is 2. The highest BCUT2D eigenvalue weighted by molar-refractivity contribution is 6.30. The molecular weight excluding hydrogens is 455 g/mol. The number of aromatic nitrogens is 2. The van der Waals surface area contributed by atoms with Gasteiger partial charge in [-0.25, -0.2) is 4.98 Å². The minimum atomic E-state index is -4.53. The molecule has 0 fully saturated rings. The van der Waals surface area contributed by atoms with E-state index in [4.69, 9.17) is 16.0 Å². The van der Waals surface area contributed by atoms with Gasteiger partial charge in [-0.3, -0.25) is 9.78 Å². The van der Waals surface area contributed by atoms with Gasteiger partial charge in [0.25, 0.3) is 5.91 Å². The van der Waals surface area contributed by atoms with E-state index in [0.29, 0.717) is 27.4 Å². The highest BCUT2D eigenvalue weighted by Crippen LogP contribution is 2.31. The van der Waals surface area contributed by atoms with Crippen molar-refractivity contribution in [2.75, 3.05) is 0 Å². The van der Waals surface area contributed by atoms with Gasteiger partial charge in [-0.2, -0.15) is 13.2 Å². The van der Waals surface area contributed by atoms with Crippen LogP contribution in [0.25, 0.3) is 22.7 Å². The summed E-state index contributed by atoms with van der Waals surface area (Å²) in [6, 6.07) is 17.4. The molecule has 0 radical (unpaired) electrons. The van der Waals surface area contributed by atoms with Crippen LogP contribution in [0, 0.1) is 0 Å². The van der Waals surface area contributed by atoms with Gasteiger partial charge in [0.2, 0.25) is 11.7 Å². The maximum Gasteiger partial charge on any atom is 0.433 e. The van der Waals surface area contributed by atoms with E-state index in [0.717, 1.165) is 12.3 Å². The lowest BCUT2D eigenvalue weighted by Gasteiger charge is -2.14. The molecule has 0 saturated heterocycles. The molecule has 0 aliphatic rings. The molecule has 0 aliphatic heterocycles. The predicted octanol–water partition coefficient (Wildman–Crippen LogP) is 6.57. The topological polar surface area (TPSA) is 68.0 Å². The van der Waals surface area contributed by atoms with Crippen LogP contribution in [0.15, 0.2) is 77.3 Å². The Morgan fingerprint density at radius 3 is 2.30 bits per heavy atom. The lowest BCUT2D eigenvalue weighted by atomic mass is 10.1. The lowest BCUT2D eigenvalue weighted by Crippen LogP contribution is -2.27. The summed E-state index contributed by atoms with van der Waals surface area (Å²) in [5.74, 6) is -0.341. The number of nitrogens with one attached hydrogen (secondary N) is 1. The molecule has 5 nitrogen and oxygen atoms in total. The number of nitrogens with zero attached hydrogens (tertiary/aromatic N) is 2. The molecule has 9 heteroatoms. The van der Waals surface area contributed by atoms with E-state index < -0.39 is 23.8 Å². The molecule has 0 bridgehead atoms. The summed E-state index contributed by atoms with van der Waals surface area (Å²) in [6.07, 6.45) is -3.45. The Labute approximate surface area is 192 Å². The van der Waals surface area contributed by atoms with Crippen molar-refractivity contribution in [2.45, 2.75) is 19.1 Å². The molecule has 0 spiro atoms. The Balaban J connectivity index is 1.64. The quantitative estimate of drug-likeness (QED) is 0.357. The van der Waals surface area contributed by atoms with E-state index in [1.54, 1.807) is 43.3 Å². The molecule has 0 saturated carbocycles. The Morgan fingerprint density at radius 1 is 1.00 bits per heavy atom. The third-order valence-corrected chi connectivity index (χ3v) is 5.15. The van der Waals surface area contributed by atoms with Gasteiger partial charge in [0.05, 0.1) is 6.04 Å². The number of oxazole rings is 1. The molecular formula is C24H17ClF3N3O2. The van der Waals surface area contributed by atoms with E-state index in [9.17, 15) is 18.0 Å². The van der Waals surface area contributed by atoms with Crippen LogP contribution in [0.3, 0.4) is 0 Å². The zero-order valence-electron chi connectivity index (χ0n) is 17.2. The number of hydrogen-bond donors (Lipinski definition) is 1. The molecule has 4 rings (SSSR count). The summed E-state index contributed by atoms with van der Waals surface area (Å²) in [6.45, 7) is 1.64. The Hall–Kier alpha value is -3.65. The fourth-order valence-electron chi connectivity index (χ4n) is 3.16. The predicted molar refractivity (Wildman–Crippen MR) is 118 cm³/mol. The van der Waals surface area contributed by atoms with E-state index >= 15 is 0 Å². The molecule has 33 heavy (non-hydrogen) atoms. The molecule has 2 heterocycles. The first-order valence-electron chi connectivity index (χ1n) is 9.88. The summed E-state index contributed by atoms with van der Waals surface area (Å²) < 4.78 is 44.1. The summed E-state index contributed by atoms with van der Waals surface area (Å²) in [4.78, 5) is 21.0. The van der Waals surface area contributed by atoms with E-state index in [1.807, 2.05) is 18.2 Å². The SMILES string of the molecule is C[C@@H](NC(=O)c1oc(-c2ccc(Cl)cc2)nc1-c1ccccc1)c1ccc(C(F)(F)F)nc1. The highest BCUT2D eigenvalue weighted by Gasteiger charge is 2.32. The number of carbonyl (C=O) groups is 1. The zero-order valence-corrected chi connectivity index (χ0v) is 18.0. The van der Waals surface area contributed by atoms with E-state index in [2.05, 4.69) is 15.3 Å². The summed E-state index contributed by atoms with van der Waals surface area (Å²) in [5.41, 5.74) is 1.07. The van der Waals surface area contributed by atoms with Gasteiger partial charge >= 0.3 is 6.18 Å². The van der Waals surface area contributed by atoms with Crippen molar-refractivity contribution in [3.05, 3.63) is 95.0 Å². The second-order valence-electron chi connectivity index (χ2n) is 7.24. The van der Waals surface area contributed by atoms with Crippen molar-refractivity contribution in [3.63, 3.8) is 0 Å². The van der Waals surface area contributed by atoms with Crippen molar-refractivity contribution in [2.24, 2.45) is 0 Å². The zero-order chi connectivity index (χ0) is 23.6. The molecule has 4 aromatic rings. The van der Waals surface area contributed by atoms with Crippen molar-refractivity contribution in [1.82, 2.24) is 15.3 Å². The van der Waals surface area contributed by atoms with Crippen molar-refractivity contribution < 1.29 is 22.4 Å². The van der Waals surface area contributed by atoms with E-state index in [-0.39, 0.29) is 11.7 Å². The standard InChI is InChI=1S/C24H17ClF3N3O2/c1-14(17-9-12-19(29-13-17)24(26,27)28)30-22(32)21-20(15-5-3-2-4-6-15)31-23(33-21)16-7-10-18(25)11-8-16/h2-14H,1H3,(H,30,32)/t14-/m1/s1. The molecule has 0 unspecified atom stereocenters. The second-order valence-corrected chi connectivity index (χ2v) is 7.68. The van der Waals surface area contributed by atoms with Crippen LogP contribution in [0.4, 0.5) is 13.2 Å². The maximum atomic E-state index is 13.1. The van der Waals surface area contributed by atoms with Crippen LogP contribution < -0.4 is 5.32 Å². The Morgan fingerprint density at radius 2 is 1.70 bits per heavy atom. The van der Waals surface area contributed by atoms with E-state index in [1.165, 1.54) is 6.07 Å². The lowest BCUT2D eigenvalue weighted by molar-refractivity contribution is -0.141. The van der Waals surface area contributed by atoms with Crippen molar-refractivity contribution in [3.8, 4) is 22.7 Å².